The SMILES string of the molecule is C=CCNC(=O)C(=O)C(CCCC)NC(=O)[C@@H]1C[C@@H](C#N)CN1C(=O)[C@@H](NC(=O)NC1(CS(=O)(=O)C(C)(C)C)CCCCC1)C(C)(C)C. The molecule has 4 atom stereocenters. The fraction of sp³-hybridized carbons (Fsp3) is 0.765. The van der Waals surface area contributed by atoms with E-state index in [1.807, 2.05) is 6.92 Å². The fourth-order valence-electron chi connectivity index (χ4n) is 6.11. The summed E-state index contributed by atoms with van der Waals surface area (Å²) in [5.74, 6) is -3.84. The molecule has 48 heavy (non-hydrogen) atoms. The van der Waals surface area contributed by atoms with E-state index in [4.69, 9.17) is 0 Å². The number of unbranched alkanes of at least 4 members (excludes halogenated alkanes) is 1. The van der Waals surface area contributed by atoms with Crippen LogP contribution in [-0.2, 0) is 29.0 Å². The van der Waals surface area contributed by atoms with Crippen molar-refractivity contribution in [2.75, 3.05) is 18.8 Å². The number of urea groups is 1. The molecule has 270 valence electrons. The van der Waals surface area contributed by atoms with Gasteiger partial charge in [-0.25, -0.2) is 13.2 Å². The Balaban J connectivity index is 2.34. The van der Waals surface area contributed by atoms with Crippen LogP contribution in [0.25, 0.3) is 0 Å². The summed E-state index contributed by atoms with van der Waals surface area (Å²) in [7, 11) is -3.59. The summed E-state index contributed by atoms with van der Waals surface area (Å²) in [5, 5.41) is 20.5. The lowest BCUT2D eigenvalue weighted by molar-refractivity contribution is -0.143. The molecule has 4 N–H and O–H groups in total. The summed E-state index contributed by atoms with van der Waals surface area (Å²) in [4.78, 5) is 68.2. The quantitative estimate of drug-likeness (QED) is 0.158. The van der Waals surface area contributed by atoms with E-state index in [1.54, 1.807) is 41.5 Å². The predicted molar refractivity (Wildman–Crippen MR) is 183 cm³/mol. The van der Waals surface area contributed by atoms with Gasteiger partial charge in [-0.2, -0.15) is 5.26 Å². The summed E-state index contributed by atoms with van der Waals surface area (Å²) in [6.07, 6.45) is 6.30. The molecule has 0 aromatic heterocycles. The van der Waals surface area contributed by atoms with Gasteiger partial charge < -0.3 is 26.2 Å². The van der Waals surface area contributed by atoms with Gasteiger partial charge in [-0.3, -0.25) is 19.2 Å². The number of nitriles is 1. The highest BCUT2D eigenvalue weighted by Gasteiger charge is 2.47. The summed E-state index contributed by atoms with van der Waals surface area (Å²) in [6.45, 7) is 15.6. The number of ketones is 1. The number of Topliss-reactive ketones (excluding diaryl/α,β-unsaturated/α-hetero) is 1. The average Bonchev–Trinajstić information content (AvgIpc) is 3.44. The Morgan fingerprint density at radius 1 is 1.04 bits per heavy atom. The Morgan fingerprint density at radius 3 is 2.19 bits per heavy atom. The number of nitrogens with one attached hydrogen (secondary N) is 4. The number of hydrogen-bond donors (Lipinski definition) is 4. The van der Waals surface area contributed by atoms with Crippen molar-refractivity contribution in [1.82, 2.24) is 26.2 Å². The maximum absolute atomic E-state index is 14.2. The molecule has 0 aromatic carbocycles. The van der Waals surface area contributed by atoms with Gasteiger partial charge in [0.15, 0.2) is 9.84 Å². The van der Waals surface area contributed by atoms with Crippen LogP contribution in [0.3, 0.4) is 0 Å². The largest absolute Gasteiger partial charge is 0.346 e. The van der Waals surface area contributed by atoms with Crippen molar-refractivity contribution in [3.8, 4) is 6.07 Å². The van der Waals surface area contributed by atoms with Crippen LogP contribution in [0.15, 0.2) is 12.7 Å². The van der Waals surface area contributed by atoms with Crippen molar-refractivity contribution < 1.29 is 32.4 Å². The van der Waals surface area contributed by atoms with Crippen LogP contribution in [-0.4, -0.2) is 90.1 Å². The van der Waals surface area contributed by atoms with Gasteiger partial charge in [0.05, 0.1) is 34.1 Å². The highest BCUT2D eigenvalue weighted by molar-refractivity contribution is 7.92. The van der Waals surface area contributed by atoms with E-state index >= 15 is 0 Å². The standard InChI is InChI=1S/C34H56N6O7S/c1-9-11-15-24(26(41)29(43)36-18-10-2)37-28(42)25-19-23(20-35)21-40(25)30(44)27(32(3,4)5)38-31(45)39-34(16-13-12-14-17-34)22-48(46,47)33(6,7)8/h10,23-25,27H,2,9,11-19,21-22H2,1,3-8H3,(H,36,43)(H,37,42)(H2,38,39,45)/t23-,24?,25-,27+/m0/s1. The van der Waals surface area contributed by atoms with Crippen LogP contribution in [0.2, 0.25) is 0 Å². The number of nitrogens with zero attached hydrogens (tertiary/aromatic N) is 2. The summed E-state index contributed by atoms with van der Waals surface area (Å²) in [6, 6.07) is -1.96. The summed E-state index contributed by atoms with van der Waals surface area (Å²) in [5.41, 5.74) is -1.85. The molecule has 1 aliphatic heterocycles. The molecule has 13 nitrogen and oxygen atoms in total. The average molecular weight is 693 g/mol. The zero-order chi connectivity index (χ0) is 36.5. The van der Waals surface area contributed by atoms with E-state index in [2.05, 4.69) is 33.9 Å². The van der Waals surface area contributed by atoms with Crippen LogP contribution in [0.1, 0.15) is 106 Å². The van der Waals surface area contributed by atoms with Gasteiger partial charge in [-0.15, -0.1) is 6.58 Å². The summed E-state index contributed by atoms with van der Waals surface area (Å²) >= 11 is 0. The third-order valence-electron chi connectivity index (χ3n) is 9.16. The summed E-state index contributed by atoms with van der Waals surface area (Å²) < 4.78 is 25.5. The molecule has 2 fully saturated rings. The monoisotopic (exact) mass is 692 g/mol. The van der Waals surface area contributed by atoms with Crippen molar-refractivity contribution in [2.24, 2.45) is 11.3 Å². The van der Waals surface area contributed by atoms with Crippen LogP contribution >= 0.6 is 0 Å². The van der Waals surface area contributed by atoms with Crippen LogP contribution in [0.4, 0.5) is 4.79 Å². The van der Waals surface area contributed by atoms with Gasteiger partial charge in [0.2, 0.25) is 17.6 Å². The van der Waals surface area contributed by atoms with Gasteiger partial charge in [-0.1, -0.05) is 65.9 Å². The lowest BCUT2D eigenvalue weighted by atomic mass is 9.83. The zero-order valence-electron chi connectivity index (χ0n) is 29.7. The molecule has 14 heteroatoms. The highest BCUT2D eigenvalue weighted by atomic mass is 32.2. The number of likely N-dealkylation sites (tertiary alicyclic amines) is 1. The van der Waals surface area contributed by atoms with Gasteiger partial charge in [0.1, 0.15) is 12.1 Å². The molecule has 0 spiro atoms. The minimum atomic E-state index is -3.59. The topological polar surface area (TPSA) is 195 Å². The third kappa shape index (κ3) is 10.8. The number of amides is 5. The molecule has 0 radical (unpaired) electrons. The maximum atomic E-state index is 14.2. The van der Waals surface area contributed by atoms with Gasteiger partial charge in [0, 0.05) is 13.1 Å². The second-order valence-electron chi connectivity index (χ2n) is 15.2. The maximum Gasteiger partial charge on any atom is 0.315 e. The third-order valence-corrected chi connectivity index (χ3v) is 12.0. The Bertz CT molecular complexity index is 1350. The fourth-order valence-corrected chi connectivity index (χ4v) is 7.63. The lowest BCUT2D eigenvalue weighted by Gasteiger charge is -2.41. The van der Waals surface area contributed by atoms with E-state index in [0.29, 0.717) is 25.7 Å². The first-order valence-electron chi connectivity index (χ1n) is 17.0. The number of rotatable bonds is 14. The van der Waals surface area contributed by atoms with Crippen LogP contribution < -0.4 is 21.3 Å². The van der Waals surface area contributed by atoms with Crippen molar-refractivity contribution in [3.63, 3.8) is 0 Å². The Hall–Kier alpha value is -3.47. The molecule has 1 saturated heterocycles. The number of sulfone groups is 1. The normalized spacial score (nSPS) is 20.8. The van der Waals surface area contributed by atoms with E-state index < -0.39 is 79.1 Å². The molecule has 2 aliphatic rings. The van der Waals surface area contributed by atoms with Gasteiger partial charge in [0.25, 0.3) is 5.91 Å². The van der Waals surface area contributed by atoms with E-state index in [0.717, 1.165) is 19.3 Å². The number of carbonyl (C=O) groups excluding carboxylic acids is 5. The van der Waals surface area contributed by atoms with Crippen molar-refractivity contribution >= 4 is 39.4 Å². The molecule has 0 bridgehead atoms. The molecule has 1 saturated carbocycles. The van der Waals surface area contributed by atoms with E-state index in [-0.39, 0.29) is 31.7 Å². The van der Waals surface area contributed by atoms with Gasteiger partial charge in [-0.05, 0) is 51.9 Å². The molecule has 1 heterocycles. The first-order valence-corrected chi connectivity index (χ1v) is 18.6. The lowest BCUT2D eigenvalue weighted by Crippen LogP contribution is -2.63. The van der Waals surface area contributed by atoms with Crippen LogP contribution in [0.5, 0.6) is 0 Å². The van der Waals surface area contributed by atoms with Crippen LogP contribution in [0, 0.1) is 22.7 Å². The van der Waals surface area contributed by atoms with E-state index in [1.165, 1.54) is 11.0 Å². The first kappa shape index (κ1) is 40.7. The second-order valence-corrected chi connectivity index (χ2v) is 18.0. The molecule has 0 aromatic rings. The van der Waals surface area contributed by atoms with E-state index in [9.17, 15) is 37.7 Å². The van der Waals surface area contributed by atoms with Crippen molar-refractivity contribution in [1.29, 1.82) is 5.26 Å². The molecular formula is C34H56N6O7S. The van der Waals surface area contributed by atoms with Crippen molar-refractivity contribution in [2.45, 2.75) is 135 Å². The smallest absolute Gasteiger partial charge is 0.315 e. The number of hydrogen-bond acceptors (Lipinski definition) is 8. The Labute approximate surface area is 286 Å². The van der Waals surface area contributed by atoms with Crippen molar-refractivity contribution in [3.05, 3.63) is 12.7 Å². The number of carbonyl (C=O) groups is 5. The molecule has 1 unspecified atom stereocenters. The molecule has 2 rings (SSSR count). The zero-order valence-corrected chi connectivity index (χ0v) is 30.6. The Kier molecular flexibility index (Phi) is 14.2. The molecule has 5 amide bonds. The molecule has 1 aliphatic carbocycles. The second kappa shape index (κ2) is 16.8. The first-order chi connectivity index (χ1) is 22.2. The molecular weight excluding hydrogens is 636 g/mol. The Morgan fingerprint density at radius 2 is 1.67 bits per heavy atom. The minimum Gasteiger partial charge on any atom is -0.346 e. The predicted octanol–water partition coefficient (Wildman–Crippen LogP) is 2.90. The highest BCUT2D eigenvalue weighted by Crippen LogP contribution is 2.33. The minimum absolute atomic E-state index is 0.0161. The van der Waals surface area contributed by atoms with Gasteiger partial charge >= 0.3 is 6.03 Å².